The van der Waals surface area contributed by atoms with E-state index in [1.165, 1.54) is 19.3 Å². The van der Waals surface area contributed by atoms with Crippen LogP contribution in [0.15, 0.2) is 12.2 Å². The maximum absolute atomic E-state index is 11.5. The summed E-state index contributed by atoms with van der Waals surface area (Å²) in [5.41, 5.74) is 0. The minimum absolute atomic E-state index is 0.213. The number of fused-ring (bicyclic) bond motifs is 1. The normalized spacial score (nSPS) is 33.6. The van der Waals surface area contributed by atoms with E-state index in [0.717, 1.165) is 12.5 Å². The number of allylic oxidation sites excluding steroid dienone is 1. The molecule has 0 unspecified atom stereocenters. The standard InChI is InChI=1S/C10H15NO/c1-2-4-10(12)11-6-3-5-8-7-9(8)11/h2,4,8-9H,3,5-7H2,1H3/b4-2+/t8-,9+/m1/s1. The second kappa shape index (κ2) is 2.92. The van der Waals surface area contributed by atoms with Crippen LogP contribution in [-0.4, -0.2) is 23.4 Å². The average Bonchev–Trinajstić information content (AvgIpc) is 2.81. The summed E-state index contributed by atoms with van der Waals surface area (Å²) < 4.78 is 0. The lowest BCUT2D eigenvalue weighted by molar-refractivity contribution is -0.127. The maximum atomic E-state index is 11.5. The molecule has 0 radical (unpaired) electrons. The smallest absolute Gasteiger partial charge is 0.246 e. The monoisotopic (exact) mass is 165 g/mol. The molecule has 2 rings (SSSR count). The summed E-state index contributed by atoms with van der Waals surface area (Å²) in [5, 5.41) is 0. The van der Waals surface area contributed by atoms with Gasteiger partial charge in [0, 0.05) is 12.6 Å². The molecule has 1 amide bonds. The highest BCUT2D eigenvalue weighted by Gasteiger charge is 2.45. The molecule has 0 spiro atoms. The predicted octanol–water partition coefficient (Wildman–Crippen LogP) is 1.57. The quantitative estimate of drug-likeness (QED) is 0.540. The number of carbonyl (C=O) groups excluding carboxylic acids is 1. The third kappa shape index (κ3) is 1.26. The minimum Gasteiger partial charge on any atom is -0.336 e. The molecule has 1 heterocycles. The molecule has 1 aliphatic carbocycles. The van der Waals surface area contributed by atoms with Gasteiger partial charge in [0.2, 0.25) is 5.91 Å². The average molecular weight is 165 g/mol. The van der Waals surface area contributed by atoms with Gasteiger partial charge in [0.15, 0.2) is 0 Å². The maximum Gasteiger partial charge on any atom is 0.246 e. The highest BCUT2D eigenvalue weighted by atomic mass is 16.2. The topological polar surface area (TPSA) is 20.3 Å². The van der Waals surface area contributed by atoms with E-state index in [2.05, 4.69) is 0 Å². The predicted molar refractivity (Wildman–Crippen MR) is 47.7 cm³/mol. The van der Waals surface area contributed by atoms with Crippen molar-refractivity contribution in [3.63, 3.8) is 0 Å². The van der Waals surface area contributed by atoms with Crippen molar-refractivity contribution in [1.82, 2.24) is 4.90 Å². The molecule has 0 bridgehead atoms. The van der Waals surface area contributed by atoms with Gasteiger partial charge in [-0.2, -0.15) is 0 Å². The summed E-state index contributed by atoms with van der Waals surface area (Å²) in [4.78, 5) is 13.5. The van der Waals surface area contributed by atoms with Crippen molar-refractivity contribution in [2.45, 2.75) is 32.2 Å². The van der Waals surface area contributed by atoms with Crippen LogP contribution in [-0.2, 0) is 4.79 Å². The second-order valence-electron chi connectivity index (χ2n) is 3.74. The van der Waals surface area contributed by atoms with Crippen molar-refractivity contribution >= 4 is 5.91 Å². The number of nitrogens with zero attached hydrogens (tertiary/aromatic N) is 1. The van der Waals surface area contributed by atoms with Crippen molar-refractivity contribution in [1.29, 1.82) is 0 Å². The summed E-state index contributed by atoms with van der Waals surface area (Å²) in [6, 6.07) is 0.599. The van der Waals surface area contributed by atoms with Gasteiger partial charge >= 0.3 is 0 Å². The zero-order valence-corrected chi connectivity index (χ0v) is 7.49. The molecular weight excluding hydrogens is 150 g/mol. The molecule has 2 aliphatic rings. The van der Waals surface area contributed by atoms with E-state index in [1.54, 1.807) is 6.08 Å². The number of piperidine rings is 1. The number of hydrogen-bond acceptors (Lipinski definition) is 1. The van der Waals surface area contributed by atoms with Crippen LogP contribution in [0.2, 0.25) is 0 Å². The van der Waals surface area contributed by atoms with Crippen molar-refractivity contribution in [3.8, 4) is 0 Å². The van der Waals surface area contributed by atoms with E-state index < -0.39 is 0 Å². The fraction of sp³-hybridized carbons (Fsp3) is 0.700. The number of likely N-dealkylation sites (tertiary alicyclic amines) is 1. The highest BCUT2D eigenvalue weighted by molar-refractivity contribution is 5.88. The number of rotatable bonds is 1. The lowest BCUT2D eigenvalue weighted by Crippen LogP contribution is -2.36. The molecule has 0 N–H and O–H groups in total. The van der Waals surface area contributed by atoms with E-state index >= 15 is 0 Å². The molecule has 12 heavy (non-hydrogen) atoms. The summed E-state index contributed by atoms with van der Waals surface area (Å²) in [7, 11) is 0. The van der Waals surface area contributed by atoms with E-state index in [0.29, 0.717) is 6.04 Å². The van der Waals surface area contributed by atoms with E-state index in [1.807, 2.05) is 17.9 Å². The molecule has 2 atom stereocenters. The first-order valence-corrected chi connectivity index (χ1v) is 4.76. The first-order valence-electron chi connectivity index (χ1n) is 4.76. The van der Waals surface area contributed by atoms with Crippen molar-refractivity contribution in [2.75, 3.05) is 6.54 Å². The molecule has 2 fully saturated rings. The Labute approximate surface area is 73.2 Å². The molecule has 0 aromatic heterocycles. The summed E-state index contributed by atoms with van der Waals surface area (Å²) >= 11 is 0. The van der Waals surface area contributed by atoms with Crippen LogP contribution in [0.25, 0.3) is 0 Å². The molecule has 1 saturated heterocycles. The van der Waals surface area contributed by atoms with Crippen LogP contribution in [0, 0.1) is 5.92 Å². The van der Waals surface area contributed by atoms with Gasteiger partial charge in [-0.15, -0.1) is 0 Å². The first kappa shape index (κ1) is 7.84. The molecule has 2 nitrogen and oxygen atoms in total. The Balaban J connectivity index is 1.98. The molecule has 66 valence electrons. The van der Waals surface area contributed by atoms with Gasteiger partial charge in [-0.25, -0.2) is 0 Å². The number of amides is 1. The van der Waals surface area contributed by atoms with E-state index in [-0.39, 0.29) is 5.91 Å². The number of hydrogen-bond donors (Lipinski definition) is 0. The zero-order valence-electron chi connectivity index (χ0n) is 7.49. The van der Waals surface area contributed by atoms with Crippen LogP contribution in [0.4, 0.5) is 0 Å². The Morgan fingerprint density at radius 2 is 2.42 bits per heavy atom. The van der Waals surface area contributed by atoms with Crippen LogP contribution in [0.5, 0.6) is 0 Å². The second-order valence-corrected chi connectivity index (χ2v) is 3.74. The Kier molecular flexibility index (Phi) is 1.91. The summed E-state index contributed by atoms with van der Waals surface area (Å²) in [5.74, 6) is 1.05. The van der Waals surface area contributed by atoms with Crippen molar-refractivity contribution in [2.24, 2.45) is 5.92 Å². The molecule has 1 aliphatic heterocycles. The van der Waals surface area contributed by atoms with Gasteiger partial charge in [0.25, 0.3) is 0 Å². The molecule has 1 saturated carbocycles. The Hall–Kier alpha value is -0.790. The van der Waals surface area contributed by atoms with Crippen LogP contribution >= 0.6 is 0 Å². The Morgan fingerprint density at radius 1 is 1.58 bits per heavy atom. The molecule has 2 heteroatoms. The van der Waals surface area contributed by atoms with E-state index in [4.69, 9.17) is 0 Å². The van der Waals surface area contributed by atoms with Gasteiger partial charge < -0.3 is 4.90 Å². The largest absolute Gasteiger partial charge is 0.336 e. The van der Waals surface area contributed by atoms with Crippen molar-refractivity contribution in [3.05, 3.63) is 12.2 Å². The van der Waals surface area contributed by atoms with Gasteiger partial charge in [-0.05, 0) is 38.2 Å². The van der Waals surface area contributed by atoms with Gasteiger partial charge in [-0.1, -0.05) is 6.08 Å². The molecular formula is C10H15NO. The summed E-state index contributed by atoms with van der Waals surface area (Å²) in [6.07, 6.45) is 7.30. The van der Waals surface area contributed by atoms with Gasteiger partial charge in [0.05, 0.1) is 0 Å². The highest BCUT2D eigenvalue weighted by Crippen LogP contribution is 2.42. The Bertz CT molecular complexity index is 222. The van der Waals surface area contributed by atoms with Gasteiger partial charge in [-0.3, -0.25) is 4.79 Å². The lowest BCUT2D eigenvalue weighted by Gasteiger charge is -2.25. The van der Waals surface area contributed by atoms with Crippen LogP contribution in [0.3, 0.4) is 0 Å². The van der Waals surface area contributed by atoms with Crippen molar-refractivity contribution < 1.29 is 4.79 Å². The number of carbonyl (C=O) groups is 1. The van der Waals surface area contributed by atoms with Crippen LogP contribution < -0.4 is 0 Å². The van der Waals surface area contributed by atoms with E-state index in [9.17, 15) is 4.79 Å². The lowest BCUT2D eigenvalue weighted by atomic mass is 10.1. The minimum atomic E-state index is 0.213. The Morgan fingerprint density at radius 3 is 3.17 bits per heavy atom. The SMILES string of the molecule is C/C=C/C(=O)N1CCC[C@@H]2C[C@@H]21. The van der Waals surface area contributed by atoms with Gasteiger partial charge in [0.1, 0.15) is 0 Å². The third-order valence-electron chi connectivity index (χ3n) is 2.85. The first-order chi connectivity index (χ1) is 5.83. The fourth-order valence-corrected chi connectivity index (χ4v) is 2.13. The fourth-order valence-electron chi connectivity index (χ4n) is 2.13. The molecule has 0 aromatic carbocycles. The molecule has 0 aromatic rings. The van der Waals surface area contributed by atoms with Crippen LogP contribution in [0.1, 0.15) is 26.2 Å². The zero-order chi connectivity index (χ0) is 8.55. The summed E-state index contributed by atoms with van der Waals surface area (Å²) in [6.45, 7) is 2.87. The third-order valence-corrected chi connectivity index (χ3v) is 2.85.